The van der Waals surface area contributed by atoms with Crippen molar-refractivity contribution >= 4 is 33.5 Å². The molecule has 6 rings (SSSR count). The van der Waals surface area contributed by atoms with E-state index in [1.807, 2.05) is 6.07 Å². The average Bonchev–Trinajstić information content (AvgIpc) is 3.63. The molecule has 3 aromatic rings. The minimum Gasteiger partial charge on any atom is -0.368 e. The Balaban J connectivity index is 1.36. The van der Waals surface area contributed by atoms with Crippen molar-refractivity contribution in [3.63, 3.8) is 0 Å². The van der Waals surface area contributed by atoms with Gasteiger partial charge in [-0.25, -0.2) is 4.98 Å². The second-order valence-electron chi connectivity index (χ2n) is 12.6. The van der Waals surface area contributed by atoms with Crippen LogP contribution in [0.4, 0.5) is 5.69 Å². The molecule has 9 heteroatoms. The van der Waals surface area contributed by atoms with E-state index in [4.69, 9.17) is 4.98 Å². The van der Waals surface area contributed by atoms with Crippen molar-refractivity contribution in [2.24, 2.45) is 5.92 Å². The number of thiazole rings is 1. The van der Waals surface area contributed by atoms with Gasteiger partial charge in [0, 0.05) is 36.0 Å². The monoisotopic (exact) mass is 604 g/mol. The molecule has 1 saturated heterocycles. The van der Waals surface area contributed by atoms with Crippen molar-refractivity contribution in [3.8, 4) is 16.5 Å². The summed E-state index contributed by atoms with van der Waals surface area (Å²) in [6.45, 7) is 5.69. The van der Waals surface area contributed by atoms with Gasteiger partial charge in [-0.05, 0) is 62.8 Å². The van der Waals surface area contributed by atoms with Crippen LogP contribution >= 0.6 is 21.9 Å². The van der Waals surface area contributed by atoms with Crippen LogP contribution in [0.1, 0.15) is 74.6 Å². The van der Waals surface area contributed by atoms with Gasteiger partial charge in [0.2, 0.25) is 5.91 Å². The summed E-state index contributed by atoms with van der Waals surface area (Å²) >= 11 is 1.72. The van der Waals surface area contributed by atoms with E-state index < -0.39 is 16.1 Å². The summed E-state index contributed by atoms with van der Waals surface area (Å²) in [5.41, 5.74) is 3.38. The first kappa shape index (κ1) is 29.2. The Morgan fingerprint density at radius 2 is 1.74 bits per heavy atom. The maximum atomic E-state index is 13.6. The molecule has 1 aliphatic heterocycles. The fourth-order valence-electron chi connectivity index (χ4n) is 6.33. The lowest BCUT2D eigenvalue weighted by molar-refractivity contribution is -0.127. The summed E-state index contributed by atoms with van der Waals surface area (Å²) in [4.78, 5) is 22.3. The van der Waals surface area contributed by atoms with E-state index in [2.05, 4.69) is 78.7 Å². The van der Waals surface area contributed by atoms with Crippen LogP contribution in [0.5, 0.6) is 0 Å². The largest absolute Gasteiger partial charge is 0.368 e. The van der Waals surface area contributed by atoms with Crippen molar-refractivity contribution < 1.29 is 13.9 Å². The maximum absolute atomic E-state index is 13.6. The van der Waals surface area contributed by atoms with E-state index >= 15 is 0 Å². The number of carbonyl (C=O) groups excluding carboxylic acids is 1. The van der Waals surface area contributed by atoms with E-state index in [1.165, 1.54) is 5.56 Å². The smallest absolute Gasteiger partial charge is 0.225 e. The molecule has 0 spiro atoms. The van der Waals surface area contributed by atoms with Gasteiger partial charge in [0.15, 0.2) is 0 Å². The van der Waals surface area contributed by atoms with Crippen LogP contribution in [-0.2, 0) is 10.2 Å². The first-order valence-electron chi connectivity index (χ1n) is 15.0. The van der Waals surface area contributed by atoms with Crippen LogP contribution < -0.4 is 10.2 Å². The number of rotatable bonds is 7. The fraction of sp³-hybridized carbons (Fsp3) is 0.485. The maximum Gasteiger partial charge on any atom is 0.225 e. The van der Waals surface area contributed by atoms with Crippen molar-refractivity contribution in [3.05, 3.63) is 70.9 Å². The van der Waals surface area contributed by atoms with Crippen molar-refractivity contribution in [2.45, 2.75) is 69.2 Å². The highest BCUT2D eigenvalue weighted by Gasteiger charge is 2.47. The normalized spacial score (nSPS) is 23.9. The van der Waals surface area contributed by atoms with Crippen LogP contribution in [0.15, 0.2) is 54.6 Å². The van der Waals surface area contributed by atoms with E-state index in [0.717, 1.165) is 65.4 Å². The van der Waals surface area contributed by atoms with Crippen LogP contribution in [0.25, 0.3) is 10.4 Å². The second kappa shape index (κ2) is 11.3. The minimum atomic E-state index is -2.45. The summed E-state index contributed by atoms with van der Waals surface area (Å²) in [7, 11) is -2.45. The van der Waals surface area contributed by atoms with E-state index in [1.54, 1.807) is 11.3 Å². The number of amides is 1. The molecule has 0 bridgehead atoms. The fourth-order valence-corrected chi connectivity index (χ4v) is 8.83. The Kier molecular flexibility index (Phi) is 7.86. The highest BCUT2D eigenvalue weighted by atomic mass is 32.3. The molecular formula is C33H40N4O3S2. The Hall–Kier alpha value is -2.90. The SMILES string of the molecule is CC(C)(c1ccccc1)c1nc([C@@H]2CCCC[C@H]2C(=O)NC2(C#N)CC2)c(-c2ccc(N3CCS(O)(O)CC3)cc2)s1. The number of nitrogens with zero attached hydrogens (tertiary/aromatic N) is 3. The third-order valence-corrected chi connectivity index (χ3v) is 12.5. The first-order chi connectivity index (χ1) is 20.1. The van der Waals surface area contributed by atoms with Crippen molar-refractivity contribution in [1.29, 1.82) is 5.26 Å². The molecule has 222 valence electrons. The van der Waals surface area contributed by atoms with Crippen LogP contribution in [0.2, 0.25) is 0 Å². The second-order valence-corrected chi connectivity index (χ2v) is 16.1. The highest BCUT2D eigenvalue weighted by Crippen LogP contribution is 2.48. The summed E-state index contributed by atoms with van der Waals surface area (Å²) < 4.78 is 20.1. The number of benzene rings is 2. The lowest BCUT2D eigenvalue weighted by Gasteiger charge is -2.41. The molecule has 2 aliphatic carbocycles. The standard InChI is InChI=1S/C33H40N4O3S2/c1-32(2,24-8-4-3-5-9-24)31-35-28(26-10-6-7-11-27(26)30(38)36-33(22-34)16-17-33)29(41-31)23-12-14-25(15-13-23)37-18-20-42(39,40)21-19-37/h3-5,8-9,12-15,26-27,39-40H,6-7,10-11,16-21H2,1-2H3,(H,36,38)/t26-,27-/m1/s1. The third-order valence-electron chi connectivity index (χ3n) is 9.33. The molecule has 2 saturated carbocycles. The third kappa shape index (κ3) is 5.83. The molecule has 2 atom stereocenters. The Morgan fingerprint density at radius 3 is 2.38 bits per heavy atom. The number of hydrogen-bond acceptors (Lipinski definition) is 7. The molecule has 1 aromatic heterocycles. The summed E-state index contributed by atoms with van der Waals surface area (Å²) in [5, 5.41) is 13.7. The zero-order chi connectivity index (χ0) is 29.5. The summed E-state index contributed by atoms with van der Waals surface area (Å²) in [5.74, 6) is 0.596. The molecule has 42 heavy (non-hydrogen) atoms. The molecule has 3 aliphatic rings. The van der Waals surface area contributed by atoms with Crippen molar-refractivity contribution in [2.75, 3.05) is 29.5 Å². The van der Waals surface area contributed by atoms with Gasteiger partial charge in [-0.15, -0.1) is 11.3 Å². The van der Waals surface area contributed by atoms with Gasteiger partial charge in [0.1, 0.15) is 10.5 Å². The first-order valence-corrected chi connectivity index (χ1v) is 17.7. The quantitative estimate of drug-likeness (QED) is 0.264. The molecule has 2 aromatic carbocycles. The highest BCUT2D eigenvalue weighted by molar-refractivity contribution is 8.24. The van der Waals surface area contributed by atoms with Gasteiger partial charge in [0.25, 0.3) is 0 Å². The van der Waals surface area contributed by atoms with E-state index in [-0.39, 0.29) is 23.2 Å². The van der Waals surface area contributed by atoms with Gasteiger partial charge in [-0.1, -0.05) is 55.3 Å². The minimum absolute atomic E-state index is 0.00649. The molecule has 0 radical (unpaired) electrons. The van der Waals surface area contributed by atoms with Crippen LogP contribution in [0, 0.1) is 17.2 Å². The predicted molar refractivity (Wildman–Crippen MR) is 171 cm³/mol. The summed E-state index contributed by atoms with van der Waals surface area (Å²) in [6.07, 6.45) is 5.22. The van der Waals surface area contributed by atoms with Crippen LogP contribution in [0.3, 0.4) is 0 Å². The zero-order valence-corrected chi connectivity index (χ0v) is 26.0. The number of nitriles is 1. The molecule has 7 nitrogen and oxygen atoms in total. The Bertz CT molecular complexity index is 1470. The number of aromatic nitrogens is 1. The lowest BCUT2D eigenvalue weighted by atomic mass is 9.76. The number of anilines is 1. The predicted octanol–water partition coefficient (Wildman–Crippen LogP) is 7.15. The molecular weight excluding hydrogens is 565 g/mol. The van der Waals surface area contributed by atoms with Crippen LogP contribution in [-0.4, -0.2) is 50.1 Å². The van der Waals surface area contributed by atoms with Crippen molar-refractivity contribution in [1.82, 2.24) is 10.3 Å². The number of carbonyl (C=O) groups is 1. The molecule has 2 heterocycles. The number of nitrogens with one attached hydrogen (secondary N) is 1. The topological polar surface area (TPSA) is 109 Å². The Labute approximate surface area is 254 Å². The van der Waals surface area contributed by atoms with Gasteiger partial charge in [-0.2, -0.15) is 15.9 Å². The molecule has 0 unspecified atom stereocenters. The summed E-state index contributed by atoms with van der Waals surface area (Å²) in [6, 6.07) is 21.3. The molecule has 3 fully saturated rings. The average molecular weight is 605 g/mol. The Morgan fingerprint density at radius 1 is 1.07 bits per heavy atom. The van der Waals surface area contributed by atoms with Gasteiger partial charge < -0.3 is 10.2 Å². The van der Waals surface area contributed by atoms with Gasteiger partial charge >= 0.3 is 0 Å². The number of hydrogen-bond donors (Lipinski definition) is 3. The lowest BCUT2D eigenvalue weighted by Crippen LogP contribution is -2.42. The zero-order valence-electron chi connectivity index (χ0n) is 24.4. The molecule has 3 N–H and O–H groups in total. The molecule has 1 amide bonds. The van der Waals surface area contributed by atoms with E-state index in [9.17, 15) is 19.2 Å². The van der Waals surface area contributed by atoms with Gasteiger partial charge in [0.05, 0.1) is 28.1 Å². The van der Waals surface area contributed by atoms with Gasteiger partial charge in [-0.3, -0.25) is 13.9 Å². The van der Waals surface area contributed by atoms with E-state index in [0.29, 0.717) is 24.6 Å².